The topological polar surface area (TPSA) is 17.1 Å². The summed E-state index contributed by atoms with van der Waals surface area (Å²) in [7, 11) is 0. The van der Waals surface area contributed by atoms with E-state index in [2.05, 4.69) is 45.9 Å². The highest BCUT2D eigenvalue weighted by Gasteiger charge is 2.15. The molecule has 1 heteroatoms. The van der Waals surface area contributed by atoms with Crippen molar-refractivity contribution in [3.05, 3.63) is 34.9 Å². The lowest BCUT2D eigenvalue weighted by Gasteiger charge is -2.18. The number of rotatable bonds is 5. The summed E-state index contributed by atoms with van der Waals surface area (Å²) < 4.78 is 0. The van der Waals surface area contributed by atoms with Crippen LogP contribution in [0.15, 0.2) is 18.2 Å². The molecular formula is C15H22O. The van der Waals surface area contributed by atoms with E-state index < -0.39 is 0 Å². The van der Waals surface area contributed by atoms with Crippen molar-refractivity contribution in [1.82, 2.24) is 0 Å². The molecule has 0 aromatic heterocycles. The van der Waals surface area contributed by atoms with Crippen LogP contribution in [0.3, 0.4) is 0 Å². The molecule has 0 N–H and O–H groups in total. The van der Waals surface area contributed by atoms with Gasteiger partial charge in [0.25, 0.3) is 0 Å². The zero-order chi connectivity index (χ0) is 12.1. The lowest BCUT2D eigenvalue weighted by atomic mass is 9.86. The molecule has 2 atom stereocenters. The van der Waals surface area contributed by atoms with Crippen LogP contribution in [0.4, 0.5) is 0 Å². The SMILES string of the molecule is CC[C@@H](C)c1cccc([C@H](C)CC)c1C=O. The van der Waals surface area contributed by atoms with Crippen molar-refractivity contribution in [3.8, 4) is 0 Å². The normalized spacial score (nSPS) is 14.5. The third kappa shape index (κ3) is 2.52. The van der Waals surface area contributed by atoms with Crippen molar-refractivity contribution < 1.29 is 4.79 Å². The quantitative estimate of drug-likeness (QED) is 0.664. The second-order valence-electron chi connectivity index (χ2n) is 4.59. The minimum atomic E-state index is 0.462. The van der Waals surface area contributed by atoms with E-state index in [1.807, 2.05) is 0 Å². The van der Waals surface area contributed by atoms with E-state index in [4.69, 9.17) is 0 Å². The molecule has 0 aliphatic carbocycles. The second kappa shape index (κ2) is 5.83. The molecule has 0 radical (unpaired) electrons. The van der Waals surface area contributed by atoms with Crippen LogP contribution in [-0.4, -0.2) is 6.29 Å². The highest BCUT2D eigenvalue weighted by Crippen LogP contribution is 2.29. The summed E-state index contributed by atoms with van der Waals surface area (Å²) in [6.07, 6.45) is 3.18. The summed E-state index contributed by atoms with van der Waals surface area (Å²) in [6, 6.07) is 6.25. The van der Waals surface area contributed by atoms with Gasteiger partial charge in [0.1, 0.15) is 0 Å². The first-order chi connectivity index (χ1) is 7.65. The Kier molecular flexibility index (Phi) is 4.72. The van der Waals surface area contributed by atoms with Gasteiger partial charge >= 0.3 is 0 Å². The highest BCUT2D eigenvalue weighted by molar-refractivity contribution is 5.80. The number of benzene rings is 1. The molecule has 0 saturated carbocycles. The fourth-order valence-corrected chi connectivity index (χ4v) is 2.04. The Labute approximate surface area is 98.9 Å². The third-order valence-electron chi connectivity index (χ3n) is 3.58. The van der Waals surface area contributed by atoms with Gasteiger partial charge in [-0.1, -0.05) is 45.9 Å². The van der Waals surface area contributed by atoms with Gasteiger partial charge in [0, 0.05) is 5.56 Å². The molecule has 0 aliphatic rings. The maximum absolute atomic E-state index is 11.3. The van der Waals surface area contributed by atoms with Gasteiger partial charge in [0.2, 0.25) is 0 Å². The van der Waals surface area contributed by atoms with E-state index in [1.165, 1.54) is 11.1 Å². The molecule has 0 spiro atoms. The lowest BCUT2D eigenvalue weighted by Crippen LogP contribution is -2.04. The summed E-state index contributed by atoms with van der Waals surface area (Å²) in [5, 5.41) is 0. The molecule has 0 saturated heterocycles. The Bertz CT molecular complexity index is 326. The Morgan fingerprint density at radius 3 is 1.81 bits per heavy atom. The molecule has 1 rings (SSSR count). The van der Waals surface area contributed by atoms with E-state index >= 15 is 0 Å². The first kappa shape index (κ1) is 13.0. The van der Waals surface area contributed by atoms with E-state index in [0.717, 1.165) is 24.7 Å². The van der Waals surface area contributed by atoms with Crippen LogP contribution in [-0.2, 0) is 0 Å². The smallest absolute Gasteiger partial charge is 0.150 e. The Balaban J connectivity index is 3.25. The third-order valence-corrected chi connectivity index (χ3v) is 3.58. The summed E-state index contributed by atoms with van der Waals surface area (Å²) in [5.41, 5.74) is 3.33. The van der Waals surface area contributed by atoms with Crippen molar-refractivity contribution in [2.24, 2.45) is 0 Å². The molecule has 1 aromatic rings. The molecule has 0 fully saturated rings. The Hall–Kier alpha value is -1.11. The number of hydrogen-bond acceptors (Lipinski definition) is 1. The predicted molar refractivity (Wildman–Crippen MR) is 69.2 cm³/mol. The zero-order valence-corrected chi connectivity index (χ0v) is 10.8. The highest BCUT2D eigenvalue weighted by atomic mass is 16.1. The molecule has 1 nitrogen and oxygen atoms in total. The molecule has 88 valence electrons. The van der Waals surface area contributed by atoms with Crippen LogP contribution < -0.4 is 0 Å². The Morgan fingerprint density at radius 1 is 1.06 bits per heavy atom. The van der Waals surface area contributed by atoms with Crippen molar-refractivity contribution in [2.75, 3.05) is 0 Å². The molecule has 0 amide bonds. The van der Waals surface area contributed by atoms with Gasteiger partial charge in [0.05, 0.1) is 0 Å². The number of carbonyl (C=O) groups excluding carboxylic acids is 1. The molecule has 0 aliphatic heterocycles. The molecule has 0 heterocycles. The predicted octanol–water partition coefficient (Wildman–Crippen LogP) is 4.53. The van der Waals surface area contributed by atoms with Gasteiger partial charge in [0.15, 0.2) is 6.29 Å². The standard InChI is InChI=1S/C15H22O/c1-5-11(3)13-8-7-9-14(12(4)6-2)15(13)10-16/h7-12H,5-6H2,1-4H3/t11-,12-/m1/s1. The molecule has 0 unspecified atom stereocenters. The summed E-state index contributed by atoms with van der Waals surface area (Å²) in [4.78, 5) is 11.3. The van der Waals surface area contributed by atoms with E-state index in [9.17, 15) is 4.79 Å². The van der Waals surface area contributed by atoms with E-state index in [0.29, 0.717) is 11.8 Å². The average Bonchev–Trinajstić information content (AvgIpc) is 2.35. The van der Waals surface area contributed by atoms with Crippen LogP contribution in [0, 0.1) is 0 Å². The maximum Gasteiger partial charge on any atom is 0.150 e. The molecular weight excluding hydrogens is 196 g/mol. The van der Waals surface area contributed by atoms with Crippen molar-refractivity contribution >= 4 is 6.29 Å². The van der Waals surface area contributed by atoms with Gasteiger partial charge in [-0.25, -0.2) is 0 Å². The van der Waals surface area contributed by atoms with Gasteiger partial charge in [-0.2, -0.15) is 0 Å². The van der Waals surface area contributed by atoms with Gasteiger partial charge in [-0.05, 0) is 35.8 Å². The minimum Gasteiger partial charge on any atom is -0.298 e. The van der Waals surface area contributed by atoms with Gasteiger partial charge < -0.3 is 0 Å². The fourth-order valence-electron chi connectivity index (χ4n) is 2.04. The lowest BCUT2D eigenvalue weighted by molar-refractivity contribution is 0.112. The van der Waals surface area contributed by atoms with Crippen molar-refractivity contribution in [2.45, 2.75) is 52.4 Å². The first-order valence-corrected chi connectivity index (χ1v) is 6.23. The molecule has 16 heavy (non-hydrogen) atoms. The second-order valence-corrected chi connectivity index (χ2v) is 4.59. The number of aldehydes is 1. The summed E-state index contributed by atoms with van der Waals surface area (Å²) in [5.74, 6) is 0.924. The summed E-state index contributed by atoms with van der Waals surface area (Å²) >= 11 is 0. The van der Waals surface area contributed by atoms with Crippen LogP contribution in [0.5, 0.6) is 0 Å². The summed E-state index contributed by atoms with van der Waals surface area (Å²) in [6.45, 7) is 8.69. The van der Waals surface area contributed by atoms with Crippen LogP contribution in [0.1, 0.15) is 73.9 Å². The van der Waals surface area contributed by atoms with Crippen molar-refractivity contribution in [1.29, 1.82) is 0 Å². The zero-order valence-electron chi connectivity index (χ0n) is 10.8. The number of carbonyl (C=O) groups is 1. The average molecular weight is 218 g/mol. The first-order valence-electron chi connectivity index (χ1n) is 6.23. The van der Waals surface area contributed by atoms with Crippen LogP contribution in [0.25, 0.3) is 0 Å². The van der Waals surface area contributed by atoms with E-state index in [1.54, 1.807) is 0 Å². The maximum atomic E-state index is 11.3. The van der Waals surface area contributed by atoms with Crippen LogP contribution in [0.2, 0.25) is 0 Å². The molecule has 1 aromatic carbocycles. The Morgan fingerprint density at radius 2 is 1.50 bits per heavy atom. The van der Waals surface area contributed by atoms with Gasteiger partial charge in [-0.15, -0.1) is 0 Å². The number of hydrogen-bond donors (Lipinski definition) is 0. The fraction of sp³-hybridized carbons (Fsp3) is 0.533. The van der Waals surface area contributed by atoms with Crippen LogP contribution >= 0.6 is 0 Å². The minimum absolute atomic E-state index is 0.462. The molecule has 0 bridgehead atoms. The van der Waals surface area contributed by atoms with E-state index in [-0.39, 0.29) is 0 Å². The van der Waals surface area contributed by atoms with Crippen molar-refractivity contribution in [3.63, 3.8) is 0 Å². The monoisotopic (exact) mass is 218 g/mol. The largest absolute Gasteiger partial charge is 0.298 e. The van der Waals surface area contributed by atoms with Gasteiger partial charge in [-0.3, -0.25) is 4.79 Å².